The molecule has 0 atom stereocenters. The summed E-state index contributed by atoms with van der Waals surface area (Å²) < 4.78 is 2.29. The van der Waals surface area contributed by atoms with Crippen molar-refractivity contribution in [3.63, 3.8) is 0 Å². The lowest BCUT2D eigenvalue weighted by Gasteiger charge is -2.24. The molecule has 2 aliphatic rings. The van der Waals surface area contributed by atoms with Gasteiger partial charge < -0.3 is 4.90 Å². The summed E-state index contributed by atoms with van der Waals surface area (Å²) in [6.45, 7) is 8.65. The molecule has 0 radical (unpaired) electrons. The first-order valence-electron chi connectivity index (χ1n) is 9.36. The molecule has 0 amide bonds. The van der Waals surface area contributed by atoms with Gasteiger partial charge in [-0.25, -0.2) is 4.58 Å². The zero-order valence-electron chi connectivity index (χ0n) is 15.7. The number of hydrogen-bond donors (Lipinski definition) is 0. The molecule has 2 heterocycles. The first-order chi connectivity index (χ1) is 11.9. The number of para-hydroxylation sites is 1. The number of nitrogens with zero attached hydrogens (tertiary/aromatic N) is 2. The fraction of sp³-hybridized carbons (Fsp3) is 0.455. The molecular formula is C22H27N2O+. The highest BCUT2D eigenvalue weighted by Crippen LogP contribution is 2.47. The number of hydrogen-bond acceptors (Lipinski definition) is 2. The molecule has 0 spiro atoms. The van der Waals surface area contributed by atoms with Crippen LogP contribution in [0.1, 0.15) is 49.8 Å². The van der Waals surface area contributed by atoms with Crippen LogP contribution >= 0.6 is 0 Å². The van der Waals surface area contributed by atoms with E-state index in [1.165, 1.54) is 41.8 Å². The second-order valence-electron chi connectivity index (χ2n) is 7.99. The lowest BCUT2D eigenvalue weighted by Crippen LogP contribution is -2.50. The predicted molar refractivity (Wildman–Crippen MR) is 105 cm³/mol. The number of benzene rings is 1. The van der Waals surface area contributed by atoms with E-state index in [4.69, 9.17) is 0 Å². The highest BCUT2D eigenvalue weighted by Gasteiger charge is 2.39. The van der Waals surface area contributed by atoms with Crippen LogP contribution in [0.25, 0.3) is 6.08 Å². The molecule has 3 nitrogen and oxygen atoms in total. The number of rotatable bonds is 1. The molecule has 4 rings (SSSR count). The van der Waals surface area contributed by atoms with E-state index in [1.807, 2.05) is 0 Å². The zero-order chi connectivity index (χ0) is 17.8. The number of piperidine rings is 1. The largest absolute Gasteiger partial charge is 0.347 e. The average Bonchev–Trinajstić information content (AvgIpc) is 2.81. The molecule has 2 aromatic carbocycles. The molecule has 0 aromatic heterocycles. The quantitative estimate of drug-likeness (QED) is 0.748. The van der Waals surface area contributed by atoms with Gasteiger partial charge in [0.2, 0.25) is 0 Å². The van der Waals surface area contributed by atoms with Crippen molar-refractivity contribution in [1.82, 2.24) is 4.58 Å². The lowest BCUT2D eigenvalue weighted by atomic mass is 9.82. The van der Waals surface area contributed by atoms with E-state index >= 15 is 0 Å². The van der Waals surface area contributed by atoms with Crippen molar-refractivity contribution in [2.75, 3.05) is 25.0 Å². The SMILES string of the molecule is Cc1c(C=C2N(C)c3ccccc3C2(C)C)c(=O)c1=[N+]1CCCCC1. The molecule has 2 aromatic rings. The van der Waals surface area contributed by atoms with Gasteiger partial charge in [-0.3, -0.25) is 4.79 Å². The summed E-state index contributed by atoms with van der Waals surface area (Å²) >= 11 is 0. The first kappa shape index (κ1) is 16.3. The third kappa shape index (κ3) is 2.32. The van der Waals surface area contributed by atoms with Crippen LogP contribution in [-0.4, -0.2) is 20.1 Å². The Hall–Kier alpha value is -2.16. The Morgan fingerprint density at radius 3 is 2.44 bits per heavy atom. The van der Waals surface area contributed by atoms with Crippen molar-refractivity contribution in [2.45, 2.75) is 45.4 Å². The van der Waals surface area contributed by atoms with E-state index in [0.29, 0.717) is 0 Å². The minimum Gasteiger partial charge on any atom is -0.347 e. The summed E-state index contributed by atoms with van der Waals surface area (Å²) in [7, 11) is 2.10. The van der Waals surface area contributed by atoms with Gasteiger partial charge in [-0.2, -0.15) is 0 Å². The average molecular weight is 335 g/mol. The van der Waals surface area contributed by atoms with Crippen molar-refractivity contribution < 1.29 is 0 Å². The fourth-order valence-corrected chi connectivity index (χ4v) is 4.60. The molecule has 2 aliphatic heterocycles. The Morgan fingerprint density at radius 1 is 1.12 bits per heavy atom. The number of allylic oxidation sites excluding steroid dienone is 1. The van der Waals surface area contributed by atoms with Gasteiger partial charge in [0.05, 0.1) is 0 Å². The standard InChI is InChI=1S/C22H27N2O/c1-15-16(21(25)20(15)24-12-8-5-9-13-24)14-19-22(2,3)17-10-6-7-11-18(17)23(19)4/h6-7,10-11,14H,5,8-9,12-13H2,1-4H3/q+1. The molecule has 3 heteroatoms. The molecule has 0 unspecified atom stereocenters. The van der Waals surface area contributed by atoms with E-state index in [9.17, 15) is 4.79 Å². The summed E-state index contributed by atoms with van der Waals surface area (Å²) in [6.07, 6.45) is 5.82. The summed E-state index contributed by atoms with van der Waals surface area (Å²) in [6, 6.07) is 8.53. The van der Waals surface area contributed by atoms with Crippen molar-refractivity contribution in [2.24, 2.45) is 0 Å². The van der Waals surface area contributed by atoms with E-state index in [0.717, 1.165) is 24.0 Å². The summed E-state index contributed by atoms with van der Waals surface area (Å²) in [4.78, 5) is 15.1. The third-order valence-corrected chi connectivity index (χ3v) is 6.11. The van der Waals surface area contributed by atoms with Gasteiger partial charge in [0, 0.05) is 47.8 Å². The maximum atomic E-state index is 12.9. The maximum Gasteiger partial charge on any atom is 0.257 e. The maximum absolute atomic E-state index is 12.9. The molecule has 25 heavy (non-hydrogen) atoms. The van der Waals surface area contributed by atoms with Crippen molar-refractivity contribution in [1.29, 1.82) is 0 Å². The van der Waals surface area contributed by atoms with Gasteiger partial charge in [-0.15, -0.1) is 0 Å². The van der Waals surface area contributed by atoms with E-state index < -0.39 is 0 Å². The summed E-state index contributed by atoms with van der Waals surface area (Å²) in [5, 5.41) is 0.961. The van der Waals surface area contributed by atoms with E-state index in [2.05, 4.69) is 67.6 Å². The van der Waals surface area contributed by atoms with E-state index in [-0.39, 0.29) is 10.8 Å². The zero-order valence-corrected chi connectivity index (χ0v) is 15.7. The van der Waals surface area contributed by atoms with Crippen molar-refractivity contribution in [3.8, 4) is 0 Å². The highest BCUT2D eigenvalue weighted by molar-refractivity contribution is 5.76. The minimum atomic E-state index is -0.0836. The molecule has 0 bridgehead atoms. The second-order valence-corrected chi connectivity index (χ2v) is 7.99. The van der Waals surface area contributed by atoms with Gasteiger partial charge in [0.25, 0.3) is 10.8 Å². The highest BCUT2D eigenvalue weighted by atomic mass is 16.1. The van der Waals surface area contributed by atoms with Crippen LogP contribution in [0.2, 0.25) is 0 Å². The Labute approximate surface area is 149 Å². The molecule has 1 fully saturated rings. The van der Waals surface area contributed by atoms with Gasteiger partial charge in [-0.05, 0) is 31.1 Å². The second kappa shape index (κ2) is 5.69. The molecule has 0 aliphatic carbocycles. The van der Waals surface area contributed by atoms with Gasteiger partial charge in [0.1, 0.15) is 13.1 Å². The Morgan fingerprint density at radius 2 is 1.80 bits per heavy atom. The van der Waals surface area contributed by atoms with Crippen LogP contribution < -0.4 is 20.3 Å². The number of likely N-dealkylation sites (N-methyl/N-ethyl adjacent to an activating group) is 1. The molecule has 0 saturated carbocycles. The van der Waals surface area contributed by atoms with Crippen LogP contribution in [0.5, 0.6) is 0 Å². The number of fused-ring (bicyclic) bond motifs is 1. The van der Waals surface area contributed by atoms with E-state index in [1.54, 1.807) is 0 Å². The van der Waals surface area contributed by atoms with Crippen LogP contribution in [0.4, 0.5) is 5.69 Å². The monoisotopic (exact) mass is 335 g/mol. The third-order valence-electron chi connectivity index (χ3n) is 6.11. The smallest absolute Gasteiger partial charge is 0.257 e. The Kier molecular flexibility index (Phi) is 3.71. The van der Waals surface area contributed by atoms with Crippen molar-refractivity contribution >= 4 is 11.8 Å². The normalized spacial score (nSPS) is 21.2. The fourth-order valence-electron chi connectivity index (χ4n) is 4.60. The molecule has 0 N–H and O–H groups in total. The van der Waals surface area contributed by atoms with Crippen LogP contribution in [0.3, 0.4) is 0 Å². The van der Waals surface area contributed by atoms with Crippen LogP contribution in [-0.2, 0) is 5.41 Å². The first-order valence-corrected chi connectivity index (χ1v) is 9.36. The van der Waals surface area contributed by atoms with Gasteiger partial charge >= 0.3 is 0 Å². The topological polar surface area (TPSA) is 23.3 Å². The van der Waals surface area contributed by atoms with Crippen LogP contribution in [0.15, 0.2) is 34.8 Å². The van der Waals surface area contributed by atoms with Gasteiger partial charge in [-0.1, -0.05) is 32.0 Å². The number of anilines is 1. The summed E-state index contributed by atoms with van der Waals surface area (Å²) in [5.74, 6) is 0. The molecule has 130 valence electrons. The van der Waals surface area contributed by atoms with Crippen LogP contribution in [0, 0.1) is 6.92 Å². The Bertz CT molecular complexity index is 947. The summed E-state index contributed by atoms with van der Waals surface area (Å²) in [5.41, 5.74) is 5.97. The van der Waals surface area contributed by atoms with Crippen molar-refractivity contribution in [3.05, 3.63) is 62.2 Å². The van der Waals surface area contributed by atoms with Gasteiger partial charge in [0.15, 0.2) is 0 Å². The Balaban J connectivity index is 1.80. The lowest BCUT2D eigenvalue weighted by molar-refractivity contribution is 0.447. The minimum absolute atomic E-state index is 0.0836. The molecule has 1 saturated heterocycles. The molecular weight excluding hydrogens is 308 g/mol. The predicted octanol–water partition coefficient (Wildman–Crippen LogP) is 2.96.